The van der Waals surface area contributed by atoms with E-state index in [1.165, 1.54) is 49.4 Å². The van der Waals surface area contributed by atoms with Gasteiger partial charge in [0.05, 0.1) is 21.8 Å². The summed E-state index contributed by atoms with van der Waals surface area (Å²) in [6.45, 7) is 1.31. The first-order chi connectivity index (χ1) is 15.9. The molecule has 0 bridgehead atoms. The van der Waals surface area contributed by atoms with Crippen LogP contribution in [0.4, 0.5) is 24.5 Å². The van der Waals surface area contributed by atoms with Crippen molar-refractivity contribution in [2.24, 2.45) is 10.2 Å². The lowest BCUT2D eigenvalue weighted by molar-refractivity contribution is -0.137. The SMILES string of the molecule is Cc1cc(N=Nc2ccc(S(=O)(=O)NCc3ccc(C(F)(F)F)cc3)cc2)cc(C(=O)O)c1O. The van der Waals surface area contributed by atoms with Gasteiger partial charge in [-0.15, -0.1) is 0 Å². The average molecular weight is 493 g/mol. The van der Waals surface area contributed by atoms with Gasteiger partial charge in [0, 0.05) is 6.54 Å². The molecule has 0 fully saturated rings. The van der Waals surface area contributed by atoms with Crippen molar-refractivity contribution in [2.75, 3.05) is 0 Å². The first kappa shape index (κ1) is 24.9. The summed E-state index contributed by atoms with van der Waals surface area (Å²) in [5, 5.41) is 26.8. The molecule has 3 rings (SSSR count). The van der Waals surface area contributed by atoms with Crippen molar-refractivity contribution in [3.05, 3.63) is 82.9 Å². The Morgan fingerprint density at radius 3 is 2.12 bits per heavy atom. The molecule has 0 unspecified atom stereocenters. The molecule has 0 aliphatic rings. The number of rotatable bonds is 7. The highest BCUT2D eigenvalue weighted by molar-refractivity contribution is 7.89. The zero-order valence-corrected chi connectivity index (χ0v) is 18.4. The number of aromatic carboxylic acids is 1. The number of sulfonamides is 1. The van der Waals surface area contributed by atoms with Gasteiger partial charge in [-0.25, -0.2) is 17.9 Å². The predicted molar refractivity (Wildman–Crippen MR) is 116 cm³/mol. The van der Waals surface area contributed by atoms with Crippen molar-refractivity contribution in [2.45, 2.75) is 24.5 Å². The number of phenols is 1. The van der Waals surface area contributed by atoms with Crippen LogP contribution in [0.2, 0.25) is 0 Å². The third-order valence-electron chi connectivity index (χ3n) is 4.69. The van der Waals surface area contributed by atoms with Gasteiger partial charge in [0.15, 0.2) is 0 Å². The van der Waals surface area contributed by atoms with Crippen molar-refractivity contribution in [1.82, 2.24) is 4.72 Å². The van der Waals surface area contributed by atoms with E-state index in [4.69, 9.17) is 5.11 Å². The fourth-order valence-electron chi connectivity index (χ4n) is 2.86. The standard InChI is InChI=1S/C22H18F3N3O5S/c1-13-10-17(11-19(20(13)29)21(30)31)28-27-16-6-8-18(9-7-16)34(32,33)26-12-14-2-4-15(5-3-14)22(23,24)25/h2-11,26,29H,12H2,1H3,(H,30,31). The lowest BCUT2D eigenvalue weighted by Gasteiger charge is -2.09. The van der Waals surface area contributed by atoms with Crippen molar-refractivity contribution in [1.29, 1.82) is 0 Å². The van der Waals surface area contributed by atoms with E-state index in [0.29, 0.717) is 11.1 Å². The second-order valence-electron chi connectivity index (χ2n) is 7.18. The van der Waals surface area contributed by atoms with Gasteiger partial charge < -0.3 is 10.2 Å². The van der Waals surface area contributed by atoms with Crippen LogP contribution in [0, 0.1) is 6.92 Å². The molecule has 34 heavy (non-hydrogen) atoms. The monoisotopic (exact) mass is 493 g/mol. The number of alkyl halides is 3. The highest BCUT2D eigenvalue weighted by atomic mass is 32.2. The Morgan fingerprint density at radius 2 is 1.56 bits per heavy atom. The van der Waals surface area contributed by atoms with Gasteiger partial charge in [0.25, 0.3) is 0 Å². The molecule has 0 aliphatic heterocycles. The van der Waals surface area contributed by atoms with Gasteiger partial charge in [-0.05, 0) is 66.6 Å². The highest BCUT2D eigenvalue weighted by Gasteiger charge is 2.30. The smallest absolute Gasteiger partial charge is 0.416 e. The lowest BCUT2D eigenvalue weighted by Crippen LogP contribution is -2.23. The Morgan fingerprint density at radius 1 is 0.971 bits per heavy atom. The van der Waals surface area contributed by atoms with Gasteiger partial charge >= 0.3 is 12.1 Å². The number of hydrogen-bond acceptors (Lipinski definition) is 6. The van der Waals surface area contributed by atoms with Crippen LogP contribution in [0.1, 0.15) is 27.0 Å². The van der Waals surface area contributed by atoms with E-state index in [0.717, 1.165) is 18.2 Å². The number of benzene rings is 3. The van der Waals surface area contributed by atoms with Gasteiger partial charge in [-0.1, -0.05) is 12.1 Å². The molecule has 3 aromatic rings. The maximum Gasteiger partial charge on any atom is 0.416 e. The van der Waals surface area contributed by atoms with Crippen LogP contribution in [0.15, 0.2) is 75.8 Å². The van der Waals surface area contributed by atoms with E-state index in [-0.39, 0.29) is 34.1 Å². The number of hydrogen-bond donors (Lipinski definition) is 3. The third-order valence-corrected chi connectivity index (χ3v) is 6.11. The number of azo groups is 1. The Bertz CT molecular complexity index is 1340. The quantitative estimate of drug-likeness (QED) is 0.384. The van der Waals surface area contributed by atoms with Gasteiger partial charge in [0.2, 0.25) is 10.0 Å². The molecule has 178 valence electrons. The van der Waals surface area contributed by atoms with Gasteiger partial charge in [-0.3, -0.25) is 0 Å². The molecular formula is C22H18F3N3O5S. The van der Waals surface area contributed by atoms with Gasteiger partial charge in [0.1, 0.15) is 11.3 Å². The molecule has 0 atom stereocenters. The van der Waals surface area contributed by atoms with E-state index in [1.807, 2.05) is 0 Å². The molecule has 0 saturated carbocycles. The summed E-state index contributed by atoms with van der Waals surface area (Å²) in [5.41, 5.74) is -0.0340. The summed E-state index contributed by atoms with van der Waals surface area (Å²) < 4.78 is 65.1. The number of halogens is 3. The summed E-state index contributed by atoms with van der Waals surface area (Å²) >= 11 is 0. The number of nitrogens with zero attached hydrogens (tertiary/aromatic N) is 2. The number of nitrogens with one attached hydrogen (secondary N) is 1. The molecule has 0 saturated heterocycles. The summed E-state index contributed by atoms with van der Waals surface area (Å²) in [6, 6.07) is 12.0. The van der Waals surface area contributed by atoms with Crippen molar-refractivity contribution >= 4 is 27.4 Å². The second kappa shape index (κ2) is 9.61. The van der Waals surface area contributed by atoms with E-state index in [1.54, 1.807) is 0 Å². The van der Waals surface area contributed by atoms with Crippen molar-refractivity contribution < 1.29 is 36.6 Å². The summed E-state index contributed by atoms with van der Waals surface area (Å²) in [7, 11) is -3.94. The Balaban J connectivity index is 1.69. The minimum absolute atomic E-state index is 0.0907. The first-order valence-corrected chi connectivity index (χ1v) is 11.1. The molecule has 0 aliphatic carbocycles. The van der Waals surface area contributed by atoms with Crippen LogP contribution in [0.5, 0.6) is 5.75 Å². The normalized spacial score (nSPS) is 12.2. The third kappa shape index (κ3) is 5.97. The van der Waals surface area contributed by atoms with Crippen LogP contribution in [0.25, 0.3) is 0 Å². The fourth-order valence-corrected chi connectivity index (χ4v) is 3.88. The number of aromatic hydroxyl groups is 1. The zero-order chi connectivity index (χ0) is 25.1. The number of aryl methyl sites for hydroxylation is 1. The molecule has 0 amide bonds. The Kier molecular flexibility index (Phi) is 7.03. The summed E-state index contributed by atoms with van der Waals surface area (Å²) in [4.78, 5) is 11.1. The predicted octanol–water partition coefficient (Wildman–Crippen LogP) is 5.31. The molecule has 3 aromatic carbocycles. The van der Waals surface area contributed by atoms with Gasteiger partial charge in [-0.2, -0.15) is 23.4 Å². The molecule has 0 heterocycles. The maximum absolute atomic E-state index is 12.6. The minimum atomic E-state index is -4.48. The molecule has 12 heteroatoms. The number of carbonyl (C=O) groups is 1. The Hall–Kier alpha value is -3.77. The summed E-state index contributed by atoms with van der Waals surface area (Å²) in [5.74, 6) is -1.69. The molecule has 0 aromatic heterocycles. The number of carboxylic acids is 1. The number of carboxylic acid groups (broad SMARTS) is 1. The van der Waals surface area contributed by atoms with E-state index >= 15 is 0 Å². The highest BCUT2D eigenvalue weighted by Crippen LogP contribution is 2.30. The molecule has 8 nitrogen and oxygen atoms in total. The van der Waals surface area contributed by atoms with E-state index in [9.17, 15) is 31.5 Å². The molecule has 3 N–H and O–H groups in total. The largest absolute Gasteiger partial charge is 0.507 e. The Labute approximate surface area is 192 Å². The second-order valence-corrected chi connectivity index (χ2v) is 8.94. The fraction of sp³-hybridized carbons (Fsp3) is 0.136. The summed E-state index contributed by atoms with van der Waals surface area (Å²) in [6.07, 6.45) is -4.48. The van der Waals surface area contributed by atoms with Crippen LogP contribution in [0.3, 0.4) is 0 Å². The lowest BCUT2D eigenvalue weighted by atomic mass is 10.1. The van der Waals surface area contributed by atoms with E-state index < -0.39 is 27.7 Å². The van der Waals surface area contributed by atoms with Crippen molar-refractivity contribution in [3.8, 4) is 5.75 Å². The van der Waals surface area contributed by atoms with E-state index in [2.05, 4.69) is 15.0 Å². The van der Waals surface area contributed by atoms with Crippen LogP contribution >= 0.6 is 0 Å². The molecule has 0 spiro atoms. The minimum Gasteiger partial charge on any atom is -0.507 e. The average Bonchev–Trinajstić information content (AvgIpc) is 2.78. The maximum atomic E-state index is 12.6. The zero-order valence-electron chi connectivity index (χ0n) is 17.5. The topological polar surface area (TPSA) is 128 Å². The van der Waals surface area contributed by atoms with Crippen LogP contribution in [-0.2, 0) is 22.7 Å². The first-order valence-electron chi connectivity index (χ1n) is 9.61. The van der Waals surface area contributed by atoms with Crippen LogP contribution in [-0.4, -0.2) is 24.6 Å². The van der Waals surface area contributed by atoms with Crippen molar-refractivity contribution in [3.63, 3.8) is 0 Å². The molecular weight excluding hydrogens is 475 g/mol. The van der Waals surface area contributed by atoms with Crippen LogP contribution < -0.4 is 4.72 Å². The molecule has 0 radical (unpaired) electrons.